The van der Waals surface area contributed by atoms with E-state index >= 15 is 0 Å². The maximum absolute atomic E-state index is 13.9. The van der Waals surface area contributed by atoms with Crippen LogP contribution in [0.2, 0.25) is 0 Å². The molecular formula is C28H30FN5O3. The third-order valence-electron chi connectivity index (χ3n) is 6.88. The Kier molecular flexibility index (Phi) is 7.97. The monoisotopic (exact) mass is 503 g/mol. The second-order valence-electron chi connectivity index (χ2n) is 9.30. The third kappa shape index (κ3) is 5.38. The van der Waals surface area contributed by atoms with Crippen molar-refractivity contribution in [1.82, 2.24) is 19.4 Å². The molecule has 0 aliphatic carbocycles. The fraction of sp³-hybridized carbons (Fsp3) is 0.393. The topological polar surface area (TPSA) is 112 Å². The van der Waals surface area contributed by atoms with Gasteiger partial charge in [0.05, 0.1) is 23.9 Å². The number of pyridine rings is 1. The summed E-state index contributed by atoms with van der Waals surface area (Å²) in [7, 11) is 0. The summed E-state index contributed by atoms with van der Waals surface area (Å²) in [6, 6.07) is 11.7. The number of aromatic hydroxyl groups is 1. The third-order valence-corrected chi connectivity index (χ3v) is 6.88. The molecule has 9 heteroatoms. The molecule has 1 unspecified atom stereocenters. The van der Waals surface area contributed by atoms with Gasteiger partial charge in [-0.2, -0.15) is 10.2 Å². The number of aryl methyl sites for hydroxylation is 1. The molecule has 0 saturated carbocycles. The molecule has 2 atom stereocenters. The van der Waals surface area contributed by atoms with Crippen molar-refractivity contribution < 1.29 is 14.3 Å². The summed E-state index contributed by atoms with van der Waals surface area (Å²) in [5, 5.41) is 20.1. The van der Waals surface area contributed by atoms with Crippen LogP contribution in [-0.4, -0.2) is 43.5 Å². The molecule has 0 radical (unpaired) electrons. The average molecular weight is 504 g/mol. The van der Waals surface area contributed by atoms with Crippen molar-refractivity contribution in [2.75, 3.05) is 13.1 Å². The number of carbonyl (C=O) groups is 1. The van der Waals surface area contributed by atoms with Crippen LogP contribution in [0.15, 0.2) is 47.4 Å². The zero-order valence-corrected chi connectivity index (χ0v) is 21.0. The molecule has 1 aliphatic heterocycles. The van der Waals surface area contributed by atoms with E-state index in [2.05, 4.69) is 16.0 Å². The van der Waals surface area contributed by atoms with Gasteiger partial charge in [0, 0.05) is 31.1 Å². The number of likely N-dealkylation sites (tertiary alicyclic amines) is 1. The zero-order chi connectivity index (χ0) is 26.5. The lowest BCUT2D eigenvalue weighted by Crippen LogP contribution is -2.38. The Morgan fingerprint density at radius 1 is 1.30 bits per heavy atom. The molecule has 3 aromatic rings. The molecule has 4 rings (SSSR count). The lowest BCUT2D eigenvalue weighted by Gasteiger charge is -2.24. The standard InChI is InChI=1S/C28H30FN5O3/c1-3-5-9-24-32-26(35)25(27(36)33-13-12-20(17-33)22-11-10-21(29)16-31-22)28(37)34(24)23(4-2)19-8-6-7-18(14-19)15-30/h6-8,10-11,14,16,20,23,35H,3-5,9,12-13,17H2,1-2H3/t20?,23-/m0/s1. The first-order valence-electron chi connectivity index (χ1n) is 12.6. The number of carbonyl (C=O) groups excluding carboxylic acids is 1. The summed E-state index contributed by atoms with van der Waals surface area (Å²) in [5.41, 5.74) is 0.953. The fourth-order valence-electron chi connectivity index (χ4n) is 4.94. The average Bonchev–Trinajstić information content (AvgIpc) is 3.40. The van der Waals surface area contributed by atoms with E-state index in [0.29, 0.717) is 49.4 Å². The molecule has 1 aliphatic rings. The van der Waals surface area contributed by atoms with E-state index in [4.69, 9.17) is 0 Å². The van der Waals surface area contributed by atoms with E-state index in [-0.39, 0.29) is 11.5 Å². The Morgan fingerprint density at radius 2 is 2.11 bits per heavy atom. The molecule has 0 spiro atoms. The van der Waals surface area contributed by atoms with Crippen LogP contribution in [0, 0.1) is 17.1 Å². The molecule has 8 nitrogen and oxygen atoms in total. The lowest BCUT2D eigenvalue weighted by molar-refractivity contribution is 0.0783. The molecule has 1 aromatic carbocycles. The van der Waals surface area contributed by atoms with E-state index in [0.717, 1.165) is 24.6 Å². The van der Waals surface area contributed by atoms with Gasteiger partial charge in [0.2, 0.25) is 5.88 Å². The van der Waals surface area contributed by atoms with Gasteiger partial charge < -0.3 is 10.0 Å². The number of amides is 1. The van der Waals surface area contributed by atoms with Gasteiger partial charge in [-0.25, -0.2) is 4.39 Å². The van der Waals surface area contributed by atoms with Crippen LogP contribution in [0.3, 0.4) is 0 Å². The number of hydrogen-bond acceptors (Lipinski definition) is 6. The SMILES string of the molecule is CCCCc1nc(O)c(C(=O)N2CCC(c3ccc(F)cn3)C2)c(=O)n1[C@@H](CC)c1cccc(C#N)c1. The maximum atomic E-state index is 13.9. The lowest BCUT2D eigenvalue weighted by atomic mass is 10.0. The van der Waals surface area contributed by atoms with Crippen molar-refractivity contribution >= 4 is 5.91 Å². The van der Waals surface area contributed by atoms with Crippen LogP contribution in [0.25, 0.3) is 0 Å². The number of nitriles is 1. The first-order valence-corrected chi connectivity index (χ1v) is 12.6. The molecule has 37 heavy (non-hydrogen) atoms. The van der Waals surface area contributed by atoms with Crippen LogP contribution in [0.1, 0.15) is 84.5 Å². The van der Waals surface area contributed by atoms with Gasteiger partial charge in [-0.1, -0.05) is 32.4 Å². The molecule has 3 heterocycles. The minimum atomic E-state index is -0.596. The number of unbranched alkanes of at least 4 members (excludes halogenated alkanes) is 1. The smallest absolute Gasteiger partial charge is 0.270 e. The number of nitrogens with zero attached hydrogens (tertiary/aromatic N) is 5. The molecule has 0 bridgehead atoms. The first kappa shape index (κ1) is 26.0. The zero-order valence-electron chi connectivity index (χ0n) is 21.0. The van der Waals surface area contributed by atoms with Gasteiger partial charge in [-0.3, -0.25) is 19.1 Å². The summed E-state index contributed by atoms with van der Waals surface area (Å²) < 4.78 is 14.8. The van der Waals surface area contributed by atoms with Crippen LogP contribution in [-0.2, 0) is 6.42 Å². The normalized spacial score (nSPS) is 15.9. The van der Waals surface area contributed by atoms with Crippen molar-refractivity contribution in [1.29, 1.82) is 5.26 Å². The van der Waals surface area contributed by atoms with Gasteiger partial charge >= 0.3 is 0 Å². The summed E-state index contributed by atoms with van der Waals surface area (Å²) in [5.74, 6) is -1.27. The van der Waals surface area contributed by atoms with E-state index in [1.165, 1.54) is 15.5 Å². The molecule has 2 aromatic heterocycles. The minimum Gasteiger partial charge on any atom is -0.493 e. The predicted octanol–water partition coefficient (Wildman–Crippen LogP) is 4.33. The number of benzene rings is 1. The Labute approximate surface area is 215 Å². The molecule has 1 amide bonds. The molecule has 1 N–H and O–H groups in total. The van der Waals surface area contributed by atoms with Gasteiger partial charge in [0.1, 0.15) is 11.6 Å². The number of hydrogen-bond donors (Lipinski definition) is 1. The van der Waals surface area contributed by atoms with E-state index in [9.17, 15) is 24.3 Å². The van der Waals surface area contributed by atoms with Crippen LogP contribution in [0.5, 0.6) is 5.88 Å². The van der Waals surface area contributed by atoms with Gasteiger partial charge in [-0.05, 0) is 49.1 Å². The maximum Gasteiger partial charge on any atom is 0.270 e. The minimum absolute atomic E-state index is 0.0946. The van der Waals surface area contributed by atoms with Crippen LogP contribution in [0.4, 0.5) is 4.39 Å². The Bertz CT molecular complexity index is 1380. The Balaban J connectivity index is 1.73. The van der Waals surface area contributed by atoms with Gasteiger partial charge in [0.15, 0.2) is 5.56 Å². The summed E-state index contributed by atoms with van der Waals surface area (Å²) >= 11 is 0. The second kappa shape index (κ2) is 11.3. The van der Waals surface area contributed by atoms with Crippen molar-refractivity contribution in [3.05, 3.63) is 87.0 Å². The van der Waals surface area contributed by atoms with Gasteiger partial charge in [-0.15, -0.1) is 0 Å². The van der Waals surface area contributed by atoms with Gasteiger partial charge in [0.25, 0.3) is 11.5 Å². The largest absolute Gasteiger partial charge is 0.493 e. The summed E-state index contributed by atoms with van der Waals surface area (Å²) in [6.45, 7) is 4.62. The highest BCUT2D eigenvalue weighted by atomic mass is 19.1. The van der Waals surface area contributed by atoms with Crippen molar-refractivity contribution in [2.45, 2.75) is 57.9 Å². The highest BCUT2D eigenvalue weighted by Gasteiger charge is 2.34. The molecule has 192 valence electrons. The molecular weight excluding hydrogens is 473 g/mol. The number of rotatable bonds is 8. The van der Waals surface area contributed by atoms with E-state index < -0.39 is 29.2 Å². The molecule has 1 fully saturated rings. The van der Waals surface area contributed by atoms with Crippen molar-refractivity contribution in [3.8, 4) is 11.9 Å². The van der Waals surface area contributed by atoms with E-state index in [1.54, 1.807) is 24.3 Å². The Hall–Kier alpha value is -4.06. The number of halogens is 1. The van der Waals surface area contributed by atoms with E-state index in [1.807, 2.05) is 19.9 Å². The first-order chi connectivity index (χ1) is 17.9. The highest BCUT2D eigenvalue weighted by molar-refractivity contribution is 5.96. The molecule has 1 saturated heterocycles. The Morgan fingerprint density at radius 3 is 2.78 bits per heavy atom. The predicted molar refractivity (Wildman–Crippen MR) is 136 cm³/mol. The highest BCUT2D eigenvalue weighted by Crippen LogP contribution is 2.29. The fourth-order valence-corrected chi connectivity index (χ4v) is 4.94. The summed E-state index contributed by atoms with van der Waals surface area (Å²) in [4.78, 5) is 37.4. The van der Waals surface area contributed by atoms with Crippen molar-refractivity contribution in [2.24, 2.45) is 0 Å². The second-order valence-corrected chi connectivity index (χ2v) is 9.30. The van der Waals surface area contributed by atoms with Crippen LogP contribution >= 0.6 is 0 Å². The van der Waals surface area contributed by atoms with Crippen molar-refractivity contribution in [3.63, 3.8) is 0 Å². The summed E-state index contributed by atoms with van der Waals surface area (Å²) in [6.07, 6.45) is 4.37. The number of aromatic nitrogens is 3. The van der Waals surface area contributed by atoms with Crippen LogP contribution < -0.4 is 5.56 Å². The quantitative estimate of drug-likeness (QED) is 0.490.